The molecule has 1 N–H and O–H groups in total. The maximum Gasteiger partial charge on any atom is 0.234 e. The van der Waals surface area contributed by atoms with Gasteiger partial charge < -0.3 is 24.4 Å². The van der Waals surface area contributed by atoms with E-state index in [1.165, 1.54) is 0 Å². The molecule has 2 aromatic rings. The van der Waals surface area contributed by atoms with E-state index < -0.39 is 17.4 Å². The molecule has 32 heavy (non-hydrogen) atoms. The second kappa shape index (κ2) is 7.98. The van der Waals surface area contributed by atoms with Gasteiger partial charge in [0, 0.05) is 12.2 Å². The zero-order valence-electron chi connectivity index (χ0n) is 18.1. The zero-order valence-corrected chi connectivity index (χ0v) is 18.1. The van der Waals surface area contributed by atoms with Crippen LogP contribution in [0.2, 0.25) is 0 Å². The molecular formula is C25H26N2O5. The molecule has 0 aromatic heterocycles. The van der Waals surface area contributed by atoms with Gasteiger partial charge in [0.1, 0.15) is 17.1 Å². The Morgan fingerprint density at radius 2 is 1.75 bits per heavy atom. The fraction of sp³-hybridized carbons (Fsp3) is 0.360. The van der Waals surface area contributed by atoms with Crippen molar-refractivity contribution < 1.29 is 23.8 Å². The van der Waals surface area contributed by atoms with Gasteiger partial charge in [0.25, 0.3) is 0 Å². The molecule has 2 saturated heterocycles. The van der Waals surface area contributed by atoms with Crippen LogP contribution in [0.5, 0.6) is 11.5 Å². The van der Waals surface area contributed by atoms with Gasteiger partial charge in [0.05, 0.1) is 38.7 Å². The van der Waals surface area contributed by atoms with Gasteiger partial charge >= 0.3 is 0 Å². The topological polar surface area (TPSA) is 77.1 Å². The number of amides is 2. The molecular weight excluding hydrogens is 408 g/mol. The monoisotopic (exact) mass is 434 g/mol. The minimum absolute atomic E-state index is 0.0719. The summed E-state index contributed by atoms with van der Waals surface area (Å²) >= 11 is 0. The van der Waals surface area contributed by atoms with Crippen LogP contribution in [0.4, 0.5) is 5.69 Å². The molecule has 0 saturated carbocycles. The number of ether oxygens (including phenoxy) is 3. The van der Waals surface area contributed by atoms with Gasteiger partial charge in [-0.15, -0.1) is 0 Å². The van der Waals surface area contributed by atoms with Crippen molar-refractivity contribution in [3.05, 3.63) is 66.2 Å². The number of carbonyl (C=O) groups excluding carboxylic acids is 2. The third kappa shape index (κ3) is 3.33. The first-order chi connectivity index (χ1) is 15.5. The van der Waals surface area contributed by atoms with E-state index in [-0.39, 0.29) is 17.9 Å². The molecule has 7 nitrogen and oxygen atoms in total. The van der Waals surface area contributed by atoms with Crippen molar-refractivity contribution in [2.75, 3.05) is 32.2 Å². The van der Waals surface area contributed by atoms with Gasteiger partial charge in [0.2, 0.25) is 11.8 Å². The average Bonchev–Trinajstić information content (AvgIpc) is 3.48. The van der Waals surface area contributed by atoms with E-state index in [1.807, 2.05) is 60.7 Å². The van der Waals surface area contributed by atoms with Gasteiger partial charge in [-0.05, 0) is 48.4 Å². The summed E-state index contributed by atoms with van der Waals surface area (Å²) in [6, 6.07) is 15.1. The fourth-order valence-electron chi connectivity index (χ4n) is 5.02. The number of methoxy groups -OCH3 is 2. The van der Waals surface area contributed by atoms with E-state index >= 15 is 0 Å². The predicted molar refractivity (Wildman–Crippen MR) is 119 cm³/mol. The lowest BCUT2D eigenvalue weighted by Crippen LogP contribution is -2.44. The van der Waals surface area contributed by atoms with E-state index in [9.17, 15) is 9.59 Å². The summed E-state index contributed by atoms with van der Waals surface area (Å²) in [6.07, 6.45) is 4.23. The number of carbonyl (C=O) groups is 2. The molecule has 3 heterocycles. The van der Waals surface area contributed by atoms with Gasteiger partial charge in [-0.1, -0.05) is 24.3 Å². The molecule has 5 rings (SSSR count). The summed E-state index contributed by atoms with van der Waals surface area (Å²) in [6.45, 7) is 0.902. The zero-order chi connectivity index (χ0) is 22.3. The van der Waals surface area contributed by atoms with Crippen molar-refractivity contribution >= 4 is 17.5 Å². The largest absolute Gasteiger partial charge is 0.497 e. The quantitative estimate of drug-likeness (QED) is 0.677. The first kappa shape index (κ1) is 20.6. The van der Waals surface area contributed by atoms with Gasteiger partial charge in [0.15, 0.2) is 0 Å². The number of hydrogen-bond acceptors (Lipinski definition) is 5. The van der Waals surface area contributed by atoms with Crippen molar-refractivity contribution in [2.24, 2.45) is 11.8 Å². The highest BCUT2D eigenvalue weighted by Gasteiger charge is 2.67. The highest BCUT2D eigenvalue weighted by molar-refractivity contribution is 6.03. The molecule has 2 bridgehead atoms. The number of benzene rings is 2. The van der Waals surface area contributed by atoms with Crippen LogP contribution in [0, 0.1) is 11.8 Å². The first-order valence-electron chi connectivity index (χ1n) is 10.8. The highest BCUT2D eigenvalue weighted by atomic mass is 16.5. The number of anilines is 1. The number of rotatable bonds is 7. The summed E-state index contributed by atoms with van der Waals surface area (Å²) in [7, 11) is 3.24. The molecule has 0 unspecified atom stereocenters. The number of fused-ring (bicyclic) bond motifs is 1. The molecule has 2 aromatic carbocycles. The Balaban J connectivity index is 1.27. The van der Waals surface area contributed by atoms with E-state index in [0.717, 1.165) is 22.7 Å². The molecule has 3 aliphatic rings. The van der Waals surface area contributed by atoms with Crippen LogP contribution in [0.3, 0.4) is 0 Å². The molecule has 0 radical (unpaired) electrons. The van der Waals surface area contributed by atoms with Crippen LogP contribution in [-0.2, 0) is 20.7 Å². The van der Waals surface area contributed by atoms with E-state index in [0.29, 0.717) is 19.5 Å². The maximum atomic E-state index is 13.4. The Hall–Kier alpha value is -3.32. The molecule has 166 valence electrons. The minimum Gasteiger partial charge on any atom is -0.497 e. The van der Waals surface area contributed by atoms with Crippen molar-refractivity contribution in [1.29, 1.82) is 0 Å². The minimum atomic E-state index is -0.736. The summed E-state index contributed by atoms with van der Waals surface area (Å²) < 4.78 is 16.6. The summed E-state index contributed by atoms with van der Waals surface area (Å²) in [5.74, 6) is 0.286. The van der Waals surface area contributed by atoms with Crippen LogP contribution in [0.1, 0.15) is 5.56 Å². The number of nitrogens with zero attached hydrogens (tertiary/aromatic N) is 1. The second-order valence-corrected chi connectivity index (χ2v) is 8.41. The van der Waals surface area contributed by atoms with Gasteiger partial charge in [-0.3, -0.25) is 9.59 Å². The third-order valence-corrected chi connectivity index (χ3v) is 6.66. The second-order valence-electron chi connectivity index (χ2n) is 8.41. The van der Waals surface area contributed by atoms with Crippen molar-refractivity contribution in [3.8, 4) is 11.5 Å². The summed E-state index contributed by atoms with van der Waals surface area (Å²) in [4.78, 5) is 28.2. The lowest BCUT2D eigenvalue weighted by atomic mass is 9.77. The van der Waals surface area contributed by atoms with E-state index in [4.69, 9.17) is 14.2 Å². The lowest BCUT2D eigenvalue weighted by molar-refractivity contribution is -0.131. The van der Waals surface area contributed by atoms with E-state index in [1.54, 1.807) is 19.1 Å². The molecule has 3 aliphatic heterocycles. The van der Waals surface area contributed by atoms with Gasteiger partial charge in [-0.2, -0.15) is 0 Å². The number of nitrogens with one attached hydrogen (secondary N) is 1. The normalized spacial score (nSPS) is 27.5. The Morgan fingerprint density at radius 3 is 2.41 bits per heavy atom. The smallest absolute Gasteiger partial charge is 0.234 e. The van der Waals surface area contributed by atoms with Crippen LogP contribution < -0.4 is 19.7 Å². The molecule has 2 fully saturated rings. The highest BCUT2D eigenvalue weighted by Crippen LogP contribution is 2.52. The molecule has 4 atom stereocenters. The van der Waals surface area contributed by atoms with Crippen LogP contribution in [0.25, 0.3) is 0 Å². The summed E-state index contributed by atoms with van der Waals surface area (Å²) in [5.41, 5.74) is 1.15. The van der Waals surface area contributed by atoms with Gasteiger partial charge in [-0.25, -0.2) is 0 Å². The Kier molecular flexibility index (Phi) is 5.13. The molecule has 2 amide bonds. The third-order valence-electron chi connectivity index (χ3n) is 6.66. The predicted octanol–water partition coefficient (Wildman–Crippen LogP) is 2.35. The lowest BCUT2D eigenvalue weighted by Gasteiger charge is -2.23. The molecule has 1 spiro atoms. The van der Waals surface area contributed by atoms with Crippen LogP contribution >= 0.6 is 0 Å². The molecule has 0 aliphatic carbocycles. The Morgan fingerprint density at radius 1 is 1.09 bits per heavy atom. The van der Waals surface area contributed by atoms with Crippen LogP contribution in [0.15, 0.2) is 60.7 Å². The van der Waals surface area contributed by atoms with Crippen molar-refractivity contribution in [3.63, 3.8) is 0 Å². The number of hydrogen-bond donors (Lipinski definition) is 1. The van der Waals surface area contributed by atoms with Crippen molar-refractivity contribution in [2.45, 2.75) is 18.1 Å². The van der Waals surface area contributed by atoms with Crippen molar-refractivity contribution in [1.82, 2.24) is 5.32 Å². The summed E-state index contributed by atoms with van der Waals surface area (Å²) in [5, 5.41) is 3.01. The standard InChI is InChI=1S/C25H26N2O5/c1-30-18-7-3-16(4-8-18)12-14-26-23(28)21-20-11-13-25(32-20)15-27(24(29)22(21)25)17-5-9-19(31-2)10-6-17/h3-11,13,20-22H,12,14-15H2,1-2H3,(H,26,28)/t20-,21+,22+,25-/m1/s1. The first-order valence-corrected chi connectivity index (χ1v) is 10.8. The van der Waals surface area contributed by atoms with E-state index in [2.05, 4.69) is 5.32 Å². The fourth-order valence-corrected chi connectivity index (χ4v) is 5.02. The SMILES string of the molecule is COc1ccc(CCNC(=O)[C@@H]2[C@H]3C(=O)N(c4ccc(OC)cc4)C[C@]34C=C[C@H]2O4)cc1. The maximum absolute atomic E-state index is 13.4. The molecule has 7 heteroatoms. The Labute approximate surface area is 186 Å². The average molecular weight is 434 g/mol. The Bertz CT molecular complexity index is 1050. The van der Waals surface area contributed by atoms with Crippen LogP contribution in [-0.4, -0.2) is 50.8 Å².